The van der Waals surface area contributed by atoms with E-state index < -0.39 is 18.3 Å². The van der Waals surface area contributed by atoms with Gasteiger partial charge in [-0.3, -0.25) is 0 Å². The van der Waals surface area contributed by atoms with Crippen molar-refractivity contribution in [2.75, 3.05) is 13.1 Å². The molecular weight excluding hydrogens is 136 g/mol. The maximum absolute atomic E-state index is 10.2. The Morgan fingerprint density at radius 1 is 1.70 bits per heavy atom. The number of rotatable bonds is 1. The van der Waals surface area contributed by atoms with E-state index in [1.807, 2.05) is 0 Å². The molecule has 1 amide bonds. The molecule has 4 N–H and O–H groups in total. The van der Waals surface area contributed by atoms with Gasteiger partial charge in [-0.05, 0) is 0 Å². The summed E-state index contributed by atoms with van der Waals surface area (Å²) in [4.78, 5) is 10.2. The van der Waals surface area contributed by atoms with Crippen molar-refractivity contribution < 1.29 is 14.6 Å². The molecule has 1 aliphatic rings. The van der Waals surface area contributed by atoms with E-state index in [-0.39, 0.29) is 0 Å². The van der Waals surface area contributed by atoms with Crippen LogP contribution >= 0.6 is 0 Å². The molecule has 0 radical (unpaired) electrons. The number of nitrogens with two attached hydrogens (primary N) is 1. The predicted octanol–water partition coefficient (Wildman–Crippen LogP) is -1.59. The van der Waals surface area contributed by atoms with Gasteiger partial charge in [0.1, 0.15) is 12.2 Å². The van der Waals surface area contributed by atoms with Gasteiger partial charge in [0, 0.05) is 13.1 Å². The number of ether oxygens (including phenoxy) is 1. The predicted molar refractivity (Wildman–Crippen MR) is 33.3 cm³/mol. The van der Waals surface area contributed by atoms with Crippen molar-refractivity contribution in [2.45, 2.75) is 12.2 Å². The lowest BCUT2D eigenvalue weighted by Gasteiger charge is -2.11. The molecule has 1 saturated heterocycles. The fraction of sp³-hybridized carbons (Fsp3) is 0.800. The molecule has 0 aromatic carbocycles. The third kappa shape index (κ3) is 1.58. The van der Waals surface area contributed by atoms with Crippen LogP contribution in [0.1, 0.15) is 0 Å². The van der Waals surface area contributed by atoms with Crippen LogP contribution in [0.15, 0.2) is 0 Å². The topological polar surface area (TPSA) is 84.6 Å². The van der Waals surface area contributed by atoms with Gasteiger partial charge in [-0.2, -0.15) is 0 Å². The largest absolute Gasteiger partial charge is 0.442 e. The molecule has 2 atom stereocenters. The Kier molecular flexibility index (Phi) is 2.08. The van der Waals surface area contributed by atoms with Crippen LogP contribution in [0.25, 0.3) is 0 Å². The number of carbonyl (C=O) groups is 1. The second-order valence-electron chi connectivity index (χ2n) is 2.20. The van der Waals surface area contributed by atoms with E-state index in [4.69, 9.17) is 10.8 Å². The number of hydrogen-bond donors (Lipinski definition) is 3. The first-order chi connectivity index (χ1) is 4.70. The summed E-state index contributed by atoms with van der Waals surface area (Å²) in [5, 5.41) is 11.9. The van der Waals surface area contributed by atoms with Gasteiger partial charge < -0.3 is 20.9 Å². The fourth-order valence-electron chi connectivity index (χ4n) is 0.910. The van der Waals surface area contributed by atoms with Crippen molar-refractivity contribution in [1.82, 2.24) is 5.32 Å². The smallest absolute Gasteiger partial charge is 0.404 e. The number of amides is 1. The lowest BCUT2D eigenvalue weighted by Crippen LogP contribution is -2.31. The number of aliphatic hydroxyl groups excluding tert-OH is 1. The number of primary amides is 1. The molecule has 1 aliphatic heterocycles. The van der Waals surface area contributed by atoms with Crippen molar-refractivity contribution in [2.24, 2.45) is 5.73 Å². The van der Waals surface area contributed by atoms with Crippen LogP contribution in [-0.4, -0.2) is 36.5 Å². The molecule has 58 valence electrons. The third-order valence-corrected chi connectivity index (χ3v) is 1.40. The van der Waals surface area contributed by atoms with Gasteiger partial charge in [-0.25, -0.2) is 4.79 Å². The number of nitrogens with one attached hydrogen (secondary N) is 1. The molecule has 0 aromatic heterocycles. The van der Waals surface area contributed by atoms with E-state index in [9.17, 15) is 4.79 Å². The second-order valence-corrected chi connectivity index (χ2v) is 2.20. The lowest BCUT2D eigenvalue weighted by atomic mass is 10.3. The van der Waals surface area contributed by atoms with Crippen LogP contribution in [0.3, 0.4) is 0 Å². The summed E-state index contributed by atoms with van der Waals surface area (Å²) in [6, 6.07) is 0. The first-order valence-electron chi connectivity index (χ1n) is 3.05. The number of β-amino-alcohol motifs (C(OH)–C–C–N with tert-alkyl or cyclic N) is 1. The fourth-order valence-corrected chi connectivity index (χ4v) is 0.910. The van der Waals surface area contributed by atoms with Crippen LogP contribution in [0.4, 0.5) is 4.79 Å². The van der Waals surface area contributed by atoms with Crippen molar-refractivity contribution in [3.05, 3.63) is 0 Å². The van der Waals surface area contributed by atoms with E-state index in [1.54, 1.807) is 0 Å². The highest BCUT2D eigenvalue weighted by Gasteiger charge is 2.27. The molecule has 0 aromatic rings. The number of carbonyl (C=O) groups excluding carboxylic acids is 1. The summed E-state index contributed by atoms with van der Waals surface area (Å²) >= 11 is 0. The van der Waals surface area contributed by atoms with Gasteiger partial charge in [0.2, 0.25) is 0 Å². The summed E-state index contributed by atoms with van der Waals surface area (Å²) < 4.78 is 4.55. The molecule has 1 heterocycles. The average molecular weight is 146 g/mol. The zero-order chi connectivity index (χ0) is 7.56. The normalized spacial score (nSPS) is 32.1. The first kappa shape index (κ1) is 7.30. The zero-order valence-corrected chi connectivity index (χ0v) is 5.41. The van der Waals surface area contributed by atoms with Gasteiger partial charge in [0.05, 0.1) is 0 Å². The molecule has 0 aliphatic carbocycles. The minimum absolute atomic E-state index is 0.456. The molecule has 1 rings (SSSR count). The van der Waals surface area contributed by atoms with E-state index in [0.29, 0.717) is 13.1 Å². The molecule has 0 spiro atoms. The highest BCUT2D eigenvalue weighted by atomic mass is 16.6. The molecule has 5 heteroatoms. The Morgan fingerprint density at radius 2 is 2.40 bits per heavy atom. The van der Waals surface area contributed by atoms with E-state index >= 15 is 0 Å². The minimum Gasteiger partial charge on any atom is -0.442 e. The van der Waals surface area contributed by atoms with Crippen LogP contribution < -0.4 is 11.1 Å². The van der Waals surface area contributed by atoms with Gasteiger partial charge in [-0.1, -0.05) is 0 Å². The molecular formula is C5H10N2O3. The lowest BCUT2D eigenvalue weighted by molar-refractivity contribution is 0.0376. The van der Waals surface area contributed by atoms with Crippen molar-refractivity contribution in [1.29, 1.82) is 0 Å². The van der Waals surface area contributed by atoms with E-state index in [2.05, 4.69) is 10.1 Å². The molecule has 0 saturated carbocycles. The van der Waals surface area contributed by atoms with Gasteiger partial charge in [-0.15, -0.1) is 0 Å². The van der Waals surface area contributed by atoms with Crippen LogP contribution in [-0.2, 0) is 4.74 Å². The molecule has 1 fully saturated rings. The summed E-state index contributed by atoms with van der Waals surface area (Å²) in [6.07, 6.45) is -1.93. The van der Waals surface area contributed by atoms with Gasteiger partial charge >= 0.3 is 6.09 Å². The molecule has 5 nitrogen and oxygen atoms in total. The maximum Gasteiger partial charge on any atom is 0.404 e. The summed E-state index contributed by atoms with van der Waals surface area (Å²) in [6.45, 7) is 0.933. The standard InChI is InChI=1S/C5H10N2O3/c6-5(9)10-4-2-7-1-3(4)8/h3-4,7-8H,1-2H2,(H2,6,9)/t3-,4+/m1/s1. The van der Waals surface area contributed by atoms with Crippen molar-refractivity contribution in [3.63, 3.8) is 0 Å². The summed E-state index contributed by atoms with van der Waals surface area (Å²) in [5.41, 5.74) is 4.73. The zero-order valence-electron chi connectivity index (χ0n) is 5.41. The highest BCUT2D eigenvalue weighted by Crippen LogP contribution is 2.03. The van der Waals surface area contributed by atoms with Crippen molar-refractivity contribution in [3.8, 4) is 0 Å². The van der Waals surface area contributed by atoms with Gasteiger partial charge in [0.25, 0.3) is 0 Å². The van der Waals surface area contributed by atoms with E-state index in [1.165, 1.54) is 0 Å². The summed E-state index contributed by atoms with van der Waals surface area (Å²) in [7, 11) is 0. The molecule has 0 bridgehead atoms. The average Bonchev–Trinajstić information content (AvgIpc) is 2.15. The Morgan fingerprint density at radius 3 is 2.80 bits per heavy atom. The van der Waals surface area contributed by atoms with Crippen molar-refractivity contribution >= 4 is 6.09 Å². The maximum atomic E-state index is 10.2. The first-order valence-corrected chi connectivity index (χ1v) is 3.05. The molecule has 0 unspecified atom stereocenters. The number of aliphatic hydroxyl groups is 1. The third-order valence-electron chi connectivity index (χ3n) is 1.40. The second kappa shape index (κ2) is 2.85. The Bertz CT molecular complexity index is 139. The van der Waals surface area contributed by atoms with Crippen LogP contribution in [0.2, 0.25) is 0 Å². The quantitative estimate of drug-likeness (QED) is 0.416. The monoisotopic (exact) mass is 146 g/mol. The van der Waals surface area contributed by atoms with Crippen LogP contribution in [0, 0.1) is 0 Å². The number of hydrogen-bond acceptors (Lipinski definition) is 4. The Balaban J connectivity index is 2.33. The van der Waals surface area contributed by atoms with Crippen LogP contribution in [0.5, 0.6) is 0 Å². The minimum atomic E-state index is -0.840. The summed E-state index contributed by atoms with van der Waals surface area (Å²) in [5.74, 6) is 0. The Labute approximate surface area is 58.2 Å². The highest BCUT2D eigenvalue weighted by molar-refractivity contribution is 5.64. The SMILES string of the molecule is NC(=O)O[C@H]1CNC[C@H]1O. The van der Waals surface area contributed by atoms with E-state index in [0.717, 1.165) is 0 Å². The van der Waals surface area contributed by atoms with Gasteiger partial charge in [0.15, 0.2) is 0 Å². The Hall–Kier alpha value is -0.810. The molecule has 10 heavy (non-hydrogen) atoms.